The Morgan fingerprint density at radius 3 is 2.50 bits per heavy atom. The molecule has 4 aromatic rings. The fraction of sp³-hybridized carbons (Fsp3) is 0.208. The van der Waals surface area contributed by atoms with Crippen LogP contribution in [0.4, 0.5) is 0 Å². The van der Waals surface area contributed by atoms with Gasteiger partial charge in [0.2, 0.25) is 0 Å². The molecular formula is C24H23N3O2S. The average molecular weight is 418 g/mol. The van der Waals surface area contributed by atoms with Crippen LogP contribution in [0.15, 0.2) is 59.4 Å². The number of ketones is 1. The molecular weight excluding hydrogens is 394 g/mol. The Hall–Kier alpha value is -3.25. The minimum absolute atomic E-state index is 0.0882. The smallest absolute Gasteiger partial charge is 0.267 e. The van der Waals surface area contributed by atoms with Crippen molar-refractivity contribution in [3.05, 3.63) is 92.3 Å². The van der Waals surface area contributed by atoms with Gasteiger partial charge in [-0.15, -0.1) is 11.3 Å². The van der Waals surface area contributed by atoms with Crippen molar-refractivity contribution in [3.63, 3.8) is 0 Å². The molecule has 0 aliphatic carbocycles. The monoisotopic (exact) mass is 417 g/mol. The molecule has 30 heavy (non-hydrogen) atoms. The van der Waals surface area contributed by atoms with Crippen molar-refractivity contribution in [1.82, 2.24) is 14.3 Å². The predicted molar refractivity (Wildman–Crippen MR) is 121 cm³/mol. The zero-order valence-corrected chi connectivity index (χ0v) is 18.3. The molecule has 152 valence electrons. The Kier molecular flexibility index (Phi) is 5.26. The number of rotatable bonds is 5. The van der Waals surface area contributed by atoms with E-state index in [1.807, 2.05) is 64.1 Å². The minimum atomic E-state index is -0.284. The molecule has 0 unspecified atom stereocenters. The SMILES string of the molecule is Cc1cccc(-n2c(C)cc(C(=O)Cn3nc(-c4ccc(C)s4)ccc3=O)c2C)c1. The lowest BCUT2D eigenvalue weighted by atomic mass is 10.1. The van der Waals surface area contributed by atoms with E-state index >= 15 is 0 Å². The largest absolute Gasteiger partial charge is 0.318 e. The molecule has 1 aromatic carbocycles. The first-order valence-corrected chi connectivity index (χ1v) is 10.6. The molecule has 0 saturated heterocycles. The summed E-state index contributed by atoms with van der Waals surface area (Å²) in [5.41, 5.74) is 5.04. The fourth-order valence-electron chi connectivity index (χ4n) is 3.70. The number of Topliss-reactive ketones (excluding diaryl/α,β-unsaturated/α-hetero) is 1. The highest BCUT2D eigenvalue weighted by Crippen LogP contribution is 2.25. The molecule has 4 rings (SSSR count). The summed E-state index contributed by atoms with van der Waals surface area (Å²) in [6.45, 7) is 7.90. The Bertz CT molecular complexity index is 1310. The third kappa shape index (κ3) is 3.78. The summed E-state index contributed by atoms with van der Waals surface area (Å²) < 4.78 is 3.33. The Morgan fingerprint density at radius 1 is 1.00 bits per heavy atom. The summed E-state index contributed by atoms with van der Waals surface area (Å²) in [7, 11) is 0. The van der Waals surface area contributed by atoms with Gasteiger partial charge in [-0.05, 0) is 69.7 Å². The Balaban J connectivity index is 1.67. The van der Waals surface area contributed by atoms with Crippen LogP contribution in [0.3, 0.4) is 0 Å². The van der Waals surface area contributed by atoms with E-state index in [2.05, 4.69) is 15.7 Å². The van der Waals surface area contributed by atoms with E-state index in [-0.39, 0.29) is 17.9 Å². The van der Waals surface area contributed by atoms with Crippen molar-refractivity contribution in [1.29, 1.82) is 0 Å². The van der Waals surface area contributed by atoms with Crippen LogP contribution in [0.2, 0.25) is 0 Å². The Morgan fingerprint density at radius 2 is 1.80 bits per heavy atom. The van der Waals surface area contributed by atoms with E-state index in [4.69, 9.17) is 0 Å². The van der Waals surface area contributed by atoms with Gasteiger partial charge in [-0.1, -0.05) is 12.1 Å². The molecule has 0 amide bonds. The van der Waals surface area contributed by atoms with E-state index in [1.54, 1.807) is 17.4 Å². The zero-order chi connectivity index (χ0) is 21.4. The van der Waals surface area contributed by atoms with Crippen molar-refractivity contribution in [2.24, 2.45) is 0 Å². The number of aromatic nitrogens is 3. The number of hydrogen-bond donors (Lipinski definition) is 0. The summed E-state index contributed by atoms with van der Waals surface area (Å²) in [4.78, 5) is 27.6. The molecule has 3 aromatic heterocycles. The van der Waals surface area contributed by atoms with Crippen LogP contribution >= 0.6 is 11.3 Å². The second-order valence-electron chi connectivity index (χ2n) is 7.51. The Labute approximate surface area is 179 Å². The van der Waals surface area contributed by atoms with Crippen molar-refractivity contribution in [2.45, 2.75) is 34.2 Å². The standard InChI is InChI=1S/C24H23N3O2S/c1-15-6-5-7-19(12-15)27-16(2)13-20(18(27)4)22(28)14-26-24(29)11-9-21(25-26)23-10-8-17(3)30-23/h5-13H,14H2,1-4H3. The van der Waals surface area contributed by atoms with Gasteiger partial charge >= 0.3 is 0 Å². The van der Waals surface area contributed by atoms with Crippen LogP contribution in [-0.2, 0) is 6.54 Å². The molecule has 0 aliphatic heterocycles. The van der Waals surface area contributed by atoms with E-state index in [0.717, 1.165) is 27.5 Å². The molecule has 0 N–H and O–H groups in total. The van der Waals surface area contributed by atoms with E-state index in [1.165, 1.54) is 15.6 Å². The summed E-state index contributed by atoms with van der Waals surface area (Å²) >= 11 is 1.61. The van der Waals surface area contributed by atoms with Gasteiger partial charge in [0.05, 0.1) is 4.88 Å². The van der Waals surface area contributed by atoms with Crippen LogP contribution in [0.25, 0.3) is 16.3 Å². The van der Waals surface area contributed by atoms with E-state index in [0.29, 0.717) is 11.3 Å². The van der Waals surface area contributed by atoms with E-state index in [9.17, 15) is 9.59 Å². The van der Waals surface area contributed by atoms with Gasteiger partial charge in [-0.3, -0.25) is 9.59 Å². The molecule has 0 fully saturated rings. The second-order valence-corrected chi connectivity index (χ2v) is 8.80. The maximum atomic E-state index is 13.1. The van der Waals surface area contributed by atoms with Gasteiger partial charge in [0.15, 0.2) is 5.78 Å². The molecule has 0 saturated carbocycles. The first kappa shape index (κ1) is 20.0. The number of aryl methyl sites for hydroxylation is 3. The number of benzene rings is 1. The number of thiophene rings is 1. The van der Waals surface area contributed by atoms with Crippen LogP contribution in [0.1, 0.15) is 32.2 Å². The van der Waals surface area contributed by atoms with Crippen LogP contribution in [-0.4, -0.2) is 20.1 Å². The fourth-order valence-corrected chi connectivity index (χ4v) is 4.53. The van der Waals surface area contributed by atoms with Crippen LogP contribution in [0, 0.1) is 27.7 Å². The molecule has 0 radical (unpaired) electrons. The van der Waals surface area contributed by atoms with E-state index < -0.39 is 0 Å². The normalized spacial score (nSPS) is 11.1. The summed E-state index contributed by atoms with van der Waals surface area (Å²) in [6, 6.07) is 17.2. The van der Waals surface area contributed by atoms with Crippen molar-refractivity contribution >= 4 is 17.1 Å². The lowest BCUT2D eigenvalue weighted by molar-refractivity contribution is 0.0965. The second kappa shape index (κ2) is 7.88. The van der Waals surface area contributed by atoms with Gasteiger partial charge in [0.1, 0.15) is 12.2 Å². The highest BCUT2D eigenvalue weighted by Gasteiger charge is 2.18. The minimum Gasteiger partial charge on any atom is -0.318 e. The maximum absolute atomic E-state index is 13.1. The van der Waals surface area contributed by atoms with Gasteiger partial charge < -0.3 is 4.57 Å². The molecule has 5 nitrogen and oxygen atoms in total. The lowest BCUT2D eigenvalue weighted by Crippen LogP contribution is -2.26. The average Bonchev–Trinajstić information content (AvgIpc) is 3.26. The summed E-state index contributed by atoms with van der Waals surface area (Å²) in [6.07, 6.45) is 0. The number of carbonyl (C=O) groups is 1. The van der Waals surface area contributed by atoms with Gasteiger partial charge in [-0.25, -0.2) is 4.68 Å². The first-order valence-electron chi connectivity index (χ1n) is 9.77. The van der Waals surface area contributed by atoms with Crippen molar-refractivity contribution < 1.29 is 4.79 Å². The third-order valence-electron chi connectivity index (χ3n) is 5.14. The molecule has 0 bridgehead atoms. The highest BCUT2D eigenvalue weighted by atomic mass is 32.1. The first-order chi connectivity index (χ1) is 14.3. The van der Waals surface area contributed by atoms with Crippen LogP contribution < -0.4 is 5.56 Å². The maximum Gasteiger partial charge on any atom is 0.267 e. The quantitative estimate of drug-likeness (QED) is 0.435. The number of hydrogen-bond acceptors (Lipinski definition) is 4. The summed E-state index contributed by atoms with van der Waals surface area (Å²) in [5.74, 6) is -0.129. The molecule has 0 spiro atoms. The lowest BCUT2D eigenvalue weighted by Gasteiger charge is -2.11. The van der Waals surface area contributed by atoms with Gasteiger partial charge in [-0.2, -0.15) is 5.10 Å². The van der Waals surface area contributed by atoms with Crippen molar-refractivity contribution in [2.75, 3.05) is 0 Å². The molecule has 6 heteroatoms. The zero-order valence-electron chi connectivity index (χ0n) is 17.5. The highest BCUT2D eigenvalue weighted by molar-refractivity contribution is 7.15. The van der Waals surface area contributed by atoms with Crippen LogP contribution in [0.5, 0.6) is 0 Å². The van der Waals surface area contributed by atoms with Gasteiger partial charge in [0, 0.05) is 33.6 Å². The van der Waals surface area contributed by atoms with Gasteiger partial charge in [0.25, 0.3) is 5.56 Å². The molecule has 3 heterocycles. The number of carbonyl (C=O) groups excluding carboxylic acids is 1. The number of nitrogens with zero attached hydrogens (tertiary/aromatic N) is 3. The topological polar surface area (TPSA) is 56.9 Å². The predicted octanol–water partition coefficient (Wildman–Crippen LogP) is 4.88. The third-order valence-corrected chi connectivity index (χ3v) is 6.17. The summed E-state index contributed by atoms with van der Waals surface area (Å²) in [5, 5.41) is 4.44. The molecule has 0 atom stereocenters. The molecule has 0 aliphatic rings. The van der Waals surface area contributed by atoms with Crippen molar-refractivity contribution in [3.8, 4) is 16.3 Å².